The Labute approximate surface area is 161 Å². The van der Waals surface area contributed by atoms with Gasteiger partial charge in [-0.25, -0.2) is 0 Å². The molecule has 2 aliphatic heterocycles. The van der Waals surface area contributed by atoms with Crippen molar-refractivity contribution in [1.29, 1.82) is 0 Å². The Morgan fingerprint density at radius 1 is 1.26 bits per heavy atom. The van der Waals surface area contributed by atoms with Crippen LogP contribution in [0.15, 0.2) is 16.8 Å². The molecule has 2 aliphatic rings. The van der Waals surface area contributed by atoms with Crippen LogP contribution in [0, 0.1) is 0 Å². The quantitative estimate of drug-likeness (QED) is 0.795. The molecule has 144 valence electrons. The van der Waals surface area contributed by atoms with Crippen LogP contribution >= 0.6 is 11.3 Å². The highest BCUT2D eigenvalue weighted by Gasteiger charge is 2.34. The molecule has 1 saturated heterocycles. The molecule has 4 heterocycles. The molecule has 0 saturated carbocycles. The summed E-state index contributed by atoms with van der Waals surface area (Å²) in [5.41, 5.74) is 0.719. The monoisotopic (exact) mass is 389 g/mol. The average Bonchev–Trinajstić information content (AvgIpc) is 3.37. The average molecular weight is 389 g/mol. The highest BCUT2D eigenvalue weighted by molar-refractivity contribution is 7.08. The number of hydrogen-bond donors (Lipinski definition) is 0. The molecular formula is C18H23N5O3S. The molecule has 0 bridgehead atoms. The summed E-state index contributed by atoms with van der Waals surface area (Å²) < 4.78 is 7.12. The standard InChI is InChI=1S/C18H23N5O3S/c1-26-11-16(24)22-6-3-2-4-14(22)17-20-19-15-10-21(7-8-23(15)17)18(25)13-5-9-27-12-13/h5,9,12,14H,2-4,6-8,10-11H2,1H3. The van der Waals surface area contributed by atoms with Crippen molar-refractivity contribution in [2.45, 2.75) is 38.4 Å². The van der Waals surface area contributed by atoms with Crippen molar-refractivity contribution in [2.75, 3.05) is 26.8 Å². The minimum Gasteiger partial charge on any atom is -0.375 e. The first kappa shape index (κ1) is 18.1. The van der Waals surface area contributed by atoms with Gasteiger partial charge in [0, 0.05) is 32.1 Å². The van der Waals surface area contributed by atoms with Gasteiger partial charge in [0.15, 0.2) is 11.6 Å². The van der Waals surface area contributed by atoms with Gasteiger partial charge in [0.25, 0.3) is 5.91 Å². The maximum Gasteiger partial charge on any atom is 0.255 e. The molecule has 0 aliphatic carbocycles. The summed E-state index contributed by atoms with van der Waals surface area (Å²) in [6, 6.07) is 1.78. The van der Waals surface area contributed by atoms with Crippen LogP contribution in [0.25, 0.3) is 0 Å². The lowest BCUT2D eigenvalue weighted by Gasteiger charge is -2.36. The second-order valence-electron chi connectivity index (χ2n) is 6.90. The van der Waals surface area contributed by atoms with E-state index in [2.05, 4.69) is 14.8 Å². The second kappa shape index (κ2) is 7.77. The predicted octanol–water partition coefficient (Wildman–Crippen LogP) is 1.70. The van der Waals surface area contributed by atoms with Gasteiger partial charge < -0.3 is 19.1 Å². The van der Waals surface area contributed by atoms with Crippen LogP contribution in [-0.2, 0) is 22.6 Å². The molecule has 2 amide bonds. The first-order chi connectivity index (χ1) is 13.2. The van der Waals surface area contributed by atoms with E-state index in [0.717, 1.165) is 43.0 Å². The van der Waals surface area contributed by atoms with Crippen LogP contribution < -0.4 is 0 Å². The fraction of sp³-hybridized carbons (Fsp3) is 0.556. The van der Waals surface area contributed by atoms with E-state index >= 15 is 0 Å². The first-order valence-corrected chi connectivity index (χ1v) is 10.1. The van der Waals surface area contributed by atoms with Crippen LogP contribution in [0.2, 0.25) is 0 Å². The number of piperidine rings is 1. The Hall–Kier alpha value is -2.26. The van der Waals surface area contributed by atoms with E-state index in [-0.39, 0.29) is 24.5 Å². The molecule has 1 unspecified atom stereocenters. The highest BCUT2D eigenvalue weighted by atomic mass is 32.1. The Morgan fingerprint density at radius 3 is 2.93 bits per heavy atom. The Kier molecular flexibility index (Phi) is 5.22. The molecule has 0 aromatic carbocycles. The number of carbonyl (C=O) groups is 2. The van der Waals surface area contributed by atoms with E-state index in [1.807, 2.05) is 26.6 Å². The number of fused-ring (bicyclic) bond motifs is 1. The zero-order chi connectivity index (χ0) is 18.8. The number of rotatable bonds is 4. The molecule has 9 heteroatoms. The van der Waals surface area contributed by atoms with Gasteiger partial charge in [0.05, 0.1) is 18.2 Å². The van der Waals surface area contributed by atoms with Crippen molar-refractivity contribution >= 4 is 23.2 Å². The predicted molar refractivity (Wildman–Crippen MR) is 99.3 cm³/mol. The summed E-state index contributed by atoms with van der Waals surface area (Å²) in [6.07, 6.45) is 2.94. The van der Waals surface area contributed by atoms with Crippen molar-refractivity contribution in [1.82, 2.24) is 24.6 Å². The second-order valence-corrected chi connectivity index (χ2v) is 7.68. The number of thiophene rings is 1. The van der Waals surface area contributed by atoms with E-state index in [0.29, 0.717) is 19.6 Å². The van der Waals surface area contributed by atoms with Gasteiger partial charge in [-0.1, -0.05) is 0 Å². The molecule has 1 fully saturated rings. The summed E-state index contributed by atoms with van der Waals surface area (Å²) in [5, 5.41) is 12.5. The summed E-state index contributed by atoms with van der Waals surface area (Å²) in [5.74, 6) is 1.63. The number of nitrogens with zero attached hydrogens (tertiary/aromatic N) is 5. The molecule has 8 nitrogen and oxygen atoms in total. The third kappa shape index (κ3) is 3.49. The highest BCUT2D eigenvalue weighted by Crippen LogP contribution is 2.31. The minimum absolute atomic E-state index is 0.00961. The van der Waals surface area contributed by atoms with Gasteiger partial charge >= 0.3 is 0 Å². The van der Waals surface area contributed by atoms with E-state index in [4.69, 9.17) is 4.74 Å². The van der Waals surface area contributed by atoms with Crippen molar-refractivity contribution < 1.29 is 14.3 Å². The normalized spacial score (nSPS) is 19.8. The maximum absolute atomic E-state index is 12.6. The Morgan fingerprint density at radius 2 is 2.15 bits per heavy atom. The fourth-order valence-electron chi connectivity index (χ4n) is 3.87. The van der Waals surface area contributed by atoms with E-state index in [9.17, 15) is 9.59 Å². The molecule has 1 atom stereocenters. The molecule has 0 spiro atoms. The molecule has 27 heavy (non-hydrogen) atoms. The van der Waals surface area contributed by atoms with Gasteiger partial charge in [-0.05, 0) is 30.7 Å². The van der Waals surface area contributed by atoms with Gasteiger partial charge in [0.1, 0.15) is 6.61 Å². The molecule has 2 aromatic rings. The summed E-state index contributed by atoms with van der Waals surface area (Å²) in [7, 11) is 1.54. The Bertz CT molecular complexity index is 819. The molecule has 4 rings (SSSR count). The topological polar surface area (TPSA) is 80.6 Å². The smallest absolute Gasteiger partial charge is 0.255 e. The van der Waals surface area contributed by atoms with E-state index < -0.39 is 0 Å². The SMILES string of the molecule is COCC(=O)N1CCCCC1c1nnc2n1CCN(C(=O)c1ccsc1)C2. The number of amides is 2. The largest absolute Gasteiger partial charge is 0.375 e. The van der Waals surface area contributed by atoms with Crippen molar-refractivity contribution in [3.05, 3.63) is 34.0 Å². The number of hydrogen-bond acceptors (Lipinski definition) is 6. The van der Waals surface area contributed by atoms with Crippen molar-refractivity contribution in [3.8, 4) is 0 Å². The van der Waals surface area contributed by atoms with Gasteiger partial charge in [-0.3, -0.25) is 9.59 Å². The number of carbonyl (C=O) groups excluding carboxylic acids is 2. The van der Waals surface area contributed by atoms with E-state index in [1.165, 1.54) is 18.4 Å². The van der Waals surface area contributed by atoms with Crippen molar-refractivity contribution in [3.63, 3.8) is 0 Å². The minimum atomic E-state index is -0.0678. The molecular weight excluding hydrogens is 366 g/mol. The lowest BCUT2D eigenvalue weighted by atomic mass is 10.0. The van der Waals surface area contributed by atoms with Crippen LogP contribution in [-0.4, -0.2) is 63.2 Å². The summed E-state index contributed by atoms with van der Waals surface area (Å²) in [6.45, 7) is 2.51. The Balaban J connectivity index is 1.54. The van der Waals surface area contributed by atoms with Crippen LogP contribution in [0.4, 0.5) is 0 Å². The lowest BCUT2D eigenvalue weighted by Crippen LogP contribution is -2.43. The molecule has 0 N–H and O–H groups in total. The van der Waals surface area contributed by atoms with Gasteiger partial charge in [-0.15, -0.1) is 10.2 Å². The van der Waals surface area contributed by atoms with Crippen LogP contribution in [0.5, 0.6) is 0 Å². The van der Waals surface area contributed by atoms with Crippen LogP contribution in [0.1, 0.15) is 47.3 Å². The summed E-state index contributed by atoms with van der Waals surface area (Å²) in [4.78, 5) is 28.7. The zero-order valence-electron chi connectivity index (χ0n) is 15.3. The number of likely N-dealkylation sites (tertiary alicyclic amines) is 1. The fourth-order valence-corrected chi connectivity index (χ4v) is 4.50. The summed E-state index contributed by atoms with van der Waals surface area (Å²) >= 11 is 1.52. The van der Waals surface area contributed by atoms with Crippen LogP contribution in [0.3, 0.4) is 0 Å². The zero-order valence-corrected chi connectivity index (χ0v) is 16.2. The third-order valence-electron chi connectivity index (χ3n) is 5.23. The van der Waals surface area contributed by atoms with Gasteiger partial charge in [0.2, 0.25) is 5.91 Å². The van der Waals surface area contributed by atoms with E-state index in [1.54, 1.807) is 0 Å². The van der Waals surface area contributed by atoms with Gasteiger partial charge in [-0.2, -0.15) is 11.3 Å². The number of methoxy groups -OCH3 is 1. The lowest BCUT2D eigenvalue weighted by molar-refractivity contribution is -0.139. The number of aromatic nitrogens is 3. The maximum atomic E-state index is 12.6. The van der Waals surface area contributed by atoms with Crippen molar-refractivity contribution in [2.24, 2.45) is 0 Å². The third-order valence-corrected chi connectivity index (χ3v) is 5.91. The molecule has 2 aromatic heterocycles. The number of ether oxygens (including phenoxy) is 1. The molecule has 0 radical (unpaired) electrons. The first-order valence-electron chi connectivity index (χ1n) is 9.21.